The lowest BCUT2D eigenvalue weighted by Crippen LogP contribution is -2.34. The van der Waals surface area contributed by atoms with Crippen molar-refractivity contribution in [1.29, 1.82) is 0 Å². The van der Waals surface area contributed by atoms with Gasteiger partial charge in [0, 0.05) is 6.07 Å². The van der Waals surface area contributed by atoms with Crippen LogP contribution >= 0.6 is 11.3 Å². The molecular formula is C10H9FNS+. The number of hydrogen-bond acceptors (Lipinski definition) is 1. The van der Waals surface area contributed by atoms with E-state index in [1.807, 2.05) is 24.3 Å². The summed E-state index contributed by atoms with van der Waals surface area (Å²) in [6.07, 6.45) is 1.70. The molecule has 0 N–H and O–H groups in total. The number of thiazole rings is 1. The van der Waals surface area contributed by atoms with Crippen LogP contribution in [0.25, 0.3) is 10.2 Å². The molecule has 0 saturated heterocycles. The van der Waals surface area contributed by atoms with E-state index < -0.39 is 0 Å². The molecule has 1 nitrogen and oxygen atoms in total. The smallest absolute Gasteiger partial charge is 0.152 e. The summed E-state index contributed by atoms with van der Waals surface area (Å²) in [6.45, 7) is 4.12. The van der Waals surface area contributed by atoms with Gasteiger partial charge in [-0.25, -0.2) is 0 Å². The molecule has 3 heteroatoms. The number of halogens is 1. The monoisotopic (exact) mass is 194 g/mol. The maximum atomic E-state index is 13.3. The second-order valence-corrected chi connectivity index (χ2v) is 3.70. The Balaban J connectivity index is 2.70. The van der Waals surface area contributed by atoms with Crippen molar-refractivity contribution in [2.45, 2.75) is 6.54 Å². The first-order chi connectivity index (χ1) is 6.33. The largest absolute Gasteiger partial charge is 0.422 e. The summed E-state index contributed by atoms with van der Waals surface area (Å²) in [5.41, 5.74) is 0.935. The standard InChI is InChI=1S/C10H9FNS/c1-2-7-12-8-5-3-4-6-9(8)13-10(12)11/h2-6H,1,7H2/q+1. The van der Waals surface area contributed by atoms with Crippen molar-refractivity contribution in [3.63, 3.8) is 0 Å². The van der Waals surface area contributed by atoms with Crippen LogP contribution in [0.3, 0.4) is 0 Å². The number of hydrogen-bond donors (Lipinski definition) is 0. The summed E-state index contributed by atoms with van der Waals surface area (Å²) in [5.74, 6) is 0. The Kier molecular flexibility index (Phi) is 2.10. The maximum absolute atomic E-state index is 13.3. The molecule has 1 aromatic carbocycles. The van der Waals surface area contributed by atoms with Crippen LogP contribution in [0.15, 0.2) is 36.9 Å². The maximum Gasteiger partial charge on any atom is 0.422 e. The van der Waals surface area contributed by atoms with E-state index in [1.165, 1.54) is 11.3 Å². The summed E-state index contributed by atoms with van der Waals surface area (Å²) < 4.78 is 15.9. The second-order valence-electron chi connectivity index (χ2n) is 2.72. The van der Waals surface area contributed by atoms with Gasteiger partial charge in [-0.05, 0) is 23.5 Å². The molecule has 13 heavy (non-hydrogen) atoms. The zero-order valence-corrected chi connectivity index (χ0v) is 7.85. The molecule has 0 saturated carbocycles. The molecule has 66 valence electrons. The van der Waals surface area contributed by atoms with Gasteiger partial charge in [-0.2, -0.15) is 4.57 Å². The topological polar surface area (TPSA) is 3.88 Å². The molecule has 0 spiro atoms. The highest BCUT2D eigenvalue weighted by Crippen LogP contribution is 2.18. The van der Waals surface area contributed by atoms with Crippen LogP contribution in [-0.4, -0.2) is 0 Å². The third-order valence-electron chi connectivity index (χ3n) is 1.87. The summed E-state index contributed by atoms with van der Waals surface area (Å²) in [5, 5.41) is -0.166. The van der Waals surface area contributed by atoms with E-state index in [0.717, 1.165) is 10.2 Å². The predicted octanol–water partition coefficient (Wildman–Crippen LogP) is 2.51. The Bertz CT molecular complexity index is 447. The van der Waals surface area contributed by atoms with Crippen molar-refractivity contribution in [2.24, 2.45) is 0 Å². The first kappa shape index (κ1) is 8.38. The number of para-hydroxylation sites is 1. The van der Waals surface area contributed by atoms with E-state index in [9.17, 15) is 4.39 Å². The van der Waals surface area contributed by atoms with Crippen molar-refractivity contribution in [3.8, 4) is 0 Å². The number of aromatic nitrogens is 1. The van der Waals surface area contributed by atoms with Crippen LogP contribution in [0.1, 0.15) is 0 Å². The van der Waals surface area contributed by atoms with E-state index in [1.54, 1.807) is 10.6 Å². The Hall–Kier alpha value is -1.22. The Morgan fingerprint density at radius 1 is 1.46 bits per heavy atom. The average Bonchev–Trinajstić information content (AvgIpc) is 2.44. The van der Waals surface area contributed by atoms with Gasteiger partial charge in [-0.15, -0.1) is 4.39 Å². The first-order valence-corrected chi connectivity index (χ1v) is 4.82. The van der Waals surface area contributed by atoms with Gasteiger partial charge >= 0.3 is 5.26 Å². The fourth-order valence-corrected chi connectivity index (χ4v) is 2.20. The van der Waals surface area contributed by atoms with E-state index >= 15 is 0 Å². The lowest BCUT2D eigenvalue weighted by Gasteiger charge is -1.87. The fraction of sp³-hybridized carbons (Fsp3) is 0.100. The molecule has 0 fully saturated rings. The van der Waals surface area contributed by atoms with E-state index in [2.05, 4.69) is 6.58 Å². The Morgan fingerprint density at radius 2 is 2.23 bits per heavy atom. The molecule has 0 bridgehead atoms. The van der Waals surface area contributed by atoms with Gasteiger partial charge < -0.3 is 0 Å². The lowest BCUT2D eigenvalue weighted by atomic mass is 10.3. The quantitative estimate of drug-likeness (QED) is 0.511. The molecule has 0 radical (unpaired) electrons. The minimum Gasteiger partial charge on any atom is -0.152 e. The van der Waals surface area contributed by atoms with E-state index in [-0.39, 0.29) is 5.26 Å². The third-order valence-corrected chi connectivity index (χ3v) is 2.83. The molecule has 0 atom stereocenters. The molecule has 0 aliphatic carbocycles. The van der Waals surface area contributed by atoms with Crippen molar-refractivity contribution in [3.05, 3.63) is 42.2 Å². The summed E-state index contributed by atoms with van der Waals surface area (Å²) in [4.78, 5) is 0. The highest BCUT2D eigenvalue weighted by molar-refractivity contribution is 7.16. The number of allylic oxidation sites excluding steroid dienone is 1. The number of nitrogens with zero attached hydrogens (tertiary/aromatic N) is 1. The molecular weight excluding hydrogens is 185 g/mol. The molecule has 0 amide bonds. The normalized spacial score (nSPS) is 10.5. The van der Waals surface area contributed by atoms with Crippen molar-refractivity contribution in [2.75, 3.05) is 0 Å². The second kappa shape index (κ2) is 3.26. The van der Waals surface area contributed by atoms with Gasteiger partial charge in [0.2, 0.25) is 5.52 Å². The van der Waals surface area contributed by atoms with Gasteiger partial charge in [0.1, 0.15) is 4.70 Å². The van der Waals surface area contributed by atoms with Crippen LogP contribution in [0.4, 0.5) is 4.39 Å². The van der Waals surface area contributed by atoms with Crippen molar-refractivity contribution >= 4 is 21.6 Å². The summed E-state index contributed by atoms with van der Waals surface area (Å²) >= 11 is 1.17. The number of fused-ring (bicyclic) bond motifs is 1. The number of benzene rings is 1. The third kappa shape index (κ3) is 1.35. The van der Waals surface area contributed by atoms with Crippen LogP contribution in [-0.2, 0) is 6.54 Å². The molecule has 0 aliphatic heterocycles. The molecule has 1 heterocycles. The zero-order chi connectivity index (χ0) is 9.26. The van der Waals surface area contributed by atoms with Crippen LogP contribution in [0.5, 0.6) is 0 Å². The molecule has 0 unspecified atom stereocenters. The van der Waals surface area contributed by atoms with Gasteiger partial charge in [0.15, 0.2) is 6.54 Å². The first-order valence-electron chi connectivity index (χ1n) is 4.00. The summed E-state index contributed by atoms with van der Waals surface area (Å²) in [7, 11) is 0. The van der Waals surface area contributed by atoms with E-state index in [0.29, 0.717) is 6.54 Å². The SMILES string of the molecule is C=CC[n+]1c(F)sc2ccccc21. The average molecular weight is 194 g/mol. The van der Waals surface area contributed by atoms with Crippen molar-refractivity contribution < 1.29 is 8.96 Å². The van der Waals surface area contributed by atoms with Crippen molar-refractivity contribution in [1.82, 2.24) is 0 Å². The van der Waals surface area contributed by atoms with E-state index in [4.69, 9.17) is 0 Å². The highest BCUT2D eigenvalue weighted by atomic mass is 32.1. The minimum atomic E-state index is -0.166. The van der Waals surface area contributed by atoms with Gasteiger partial charge in [0.25, 0.3) is 0 Å². The predicted molar refractivity (Wildman–Crippen MR) is 52.2 cm³/mol. The Labute approximate surface area is 79.8 Å². The minimum absolute atomic E-state index is 0.166. The molecule has 2 aromatic rings. The molecule has 2 rings (SSSR count). The molecule has 0 aliphatic rings. The van der Waals surface area contributed by atoms with Gasteiger partial charge in [-0.1, -0.05) is 18.7 Å². The number of rotatable bonds is 2. The van der Waals surface area contributed by atoms with Crippen LogP contribution in [0.2, 0.25) is 0 Å². The Morgan fingerprint density at radius 3 is 3.00 bits per heavy atom. The van der Waals surface area contributed by atoms with Crippen LogP contribution < -0.4 is 4.57 Å². The lowest BCUT2D eigenvalue weighted by molar-refractivity contribution is -0.684. The zero-order valence-electron chi connectivity index (χ0n) is 7.03. The molecule has 1 aromatic heterocycles. The van der Waals surface area contributed by atoms with Gasteiger partial charge in [0.05, 0.1) is 0 Å². The van der Waals surface area contributed by atoms with Gasteiger partial charge in [-0.3, -0.25) is 0 Å². The van der Waals surface area contributed by atoms with Crippen LogP contribution in [0, 0.1) is 5.26 Å². The highest BCUT2D eigenvalue weighted by Gasteiger charge is 2.17. The summed E-state index contributed by atoms with van der Waals surface area (Å²) in [6, 6.07) is 7.66. The fourth-order valence-electron chi connectivity index (χ4n) is 1.31.